The Kier molecular flexibility index (Phi) is 5.58. The molecular weight excluding hydrogens is 372 g/mol. The second-order valence-electron chi connectivity index (χ2n) is 6.71. The second kappa shape index (κ2) is 8.44. The molecule has 4 rings (SSSR count). The first-order chi connectivity index (χ1) is 13.7. The summed E-state index contributed by atoms with van der Waals surface area (Å²) in [6.45, 7) is 3.41. The van der Waals surface area contributed by atoms with Gasteiger partial charge in [-0.15, -0.1) is 11.3 Å². The highest BCUT2D eigenvalue weighted by molar-refractivity contribution is 7.07. The van der Waals surface area contributed by atoms with Crippen molar-refractivity contribution < 1.29 is 14.3 Å². The summed E-state index contributed by atoms with van der Waals surface area (Å²) >= 11 is 1.55. The van der Waals surface area contributed by atoms with E-state index in [4.69, 9.17) is 9.47 Å². The topological polar surface area (TPSA) is 51.7 Å². The summed E-state index contributed by atoms with van der Waals surface area (Å²) in [5.41, 5.74) is 5.67. The molecule has 6 heteroatoms. The maximum absolute atomic E-state index is 12.4. The number of amides is 1. The normalized spacial score (nSPS) is 13.2. The van der Waals surface area contributed by atoms with E-state index in [1.54, 1.807) is 11.3 Å². The van der Waals surface area contributed by atoms with E-state index in [0.717, 1.165) is 46.8 Å². The van der Waals surface area contributed by atoms with E-state index >= 15 is 0 Å². The number of hydrogen-bond acceptors (Lipinski definition) is 5. The van der Waals surface area contributed by atoms with Crippen LogP contribution in [0.5, 0.6) is 11.5 Å². The fourth-order valence-electron chi connectivity index (χ4n) is 3.23. The first-order valence-corrected chi connectivity index (χ1v) is 10.3. The second-order valence-corrected chi connectivity index (χ2v) is 7.43. The Hall–Kier alpha value is -2.86. The number of hydrogen-bond donors (Lipinski definition) is 0. The standard InChI is InChI=1S/C22H22N2O3S/c1-16-6-2-3-7-20(16)26-11-5-4-10-24-19-12-17(18-14-28-15-23-18)8-9-21(19)27-13-22(24)25/h2-3,6-9,12,14-15H,4-5,10-11,13H2,1H3. The molecule has 0 spiro atoms. The molecule has 2 aromatic carbocycles. The molecule has 0 unspecified atom stereocenters. The number of ether oxygens (including phenoxy) is 2. The van der Waals surface area contributed by atoms with Crippen LogP contribution in [0.1, 0.15) is 18.4 Å². The molecule has 1 amide bonds. The maximum Gasteiger partial charge on any atom is 0.265 e. The molecule has 3 aromatic rings. The van der Waals surface area contributed by atoms with Gasteiger partial charge in [-0.05, 0) is 49.6 Å². The molecule has 0 saturated heterocycles. The number of nitrogens with zero attached hydrogens (tertiary/aromatic N) is 2. The third-order valence-corrected chi connectivity index (χ3v) is 5.34. The molecular formula is C22H22N2O3S. The molecule has 0 N–H and O–H groups in total. The van der Waals surface area contributed by atoms with Gasteiger partial charge >= 0.3 is 0 Å². The summed E-state index contributed by atoms with van der Waals surface area (Å²) in [4.78, 5) is 18.6. The van der Waals surface area contributed by atoms with Crippen LogP contribution in [0.2, 0.25) is 0 Å². The lowest BCUT2D eigenvalue weighted by Gasteiger charge is -2.29. The lowest BCUT2D eigenvalue weighted by molar-refractivity contribution is -0.121. The Morgan fingerprint density at radius 3 is 2.93 bits per heavy atom. The fourth-order valence-corrected chi connectivity index (χ4v) is 3.80. The molecule has 28 heavy (non-hydrogen) atoms. The zero-order valence-corrected chi connectivity index (χ0v) is 16.6. The van der Waals surface area contributed by atoms with E-state index in [2.05, 4.69) is 4.98 Å². The van der Waals surface area contributed by atoms with Gasteiger partial charge < -0.3 is 14.4 Å². The molecule has 0 bridgehead atoms. The van der Waals surface area contributed by atoms with Crippen molar-refractivity contribution in [1.29, 1.82) is 0 Å². The SMILES string of the molecule is Cc1ccccc1OCCCCN1C(=O)COc2ccc(-c3cscn3)cc21. The Morgan fingerprint density at radius 2 is 2.11 bits per heavy atom. The number of thiazole rings is 1. The largest absolute Gasteiger partial charge is 0.493 e. The summed E-state index contributed by atoms with van der Waals surface area (Å²) in [6, 6.07) is 13.9. The molecule has 1 aromatic heterocycles. The minimum absolute atomic E-state index is 0.0113. The Morgan fingerprint density at radius 1 is 1.21 bits per heavy atom. The van der Waals surface area contributed by atoms with Gasteiger partial charge in [0.15, 0.2) is 6.61 Å². The molecule has 144 valence electrons. The summed E-state index contributed by atoms with van der Waals surface area (Å²) in [7, 11) is 0. The number of unbranched alkanes of at least 4 members (excludes halogenated alkanes) is 1. The number of anilines is 1. The molecule has 0 radical (unpaired) electrons. The Balaban J connectivity index is 1.39. The van der Waals surface area contributed by atoms with Crippen molar-refractivity contribution in [3.8, 4) is 22.8 Å². The van der Waals surface area contributed by atoms with Crippen LogP contribution in [0.3, 0.4) is 0 Å². The number of fused-ring (bicyclic) bond motifs is 1. The van der Waals surface area contributed by atoms with Gasteiger partial charge in [0.05, 0.1) is 23.5 Å². The third kappa shape index (κ3) is 4.02. The first-order valence-electron chi connectivity index (χ1n) is 9.36. The molecule has 2 heterocycles. The van der Waals surface area contributed by atoms with Crippen molar-refractivity contribution in [2.75, 3.05) is 24.7 Å². The molecule has 0 saturated carbocycles. The van der Waals surface area contributed by atoms with Gasteiger partial charge in [0.1, 0.15) is 11.5 Å². The van der Waals surface area contributed by atoms with E-state index in [1.165, 1.54) is 0 Å². The zero-order valence-electron chi connectivity index (χ0n) is 15.8. The highest BCUT2D eigenvalue weighted by Crippen LogP contribution is 2.36. The van der Waals surface area contributed by atoms with Crippen molar-refractivity contribution in [3.63, 3.8) is 0 Å². The van der Waals surface area contributed by atoms with E-state index < -0.39 is 0 Å². The smallest absolute Gasteiger partial charge is 0.265 e. The first kappa shape index (κ1) is 18.5. The third-order valence-electron chi connectivity index (χ3n) is 4.76. The number of aryl methyl sites for hydroxylation is 1. The number of benzene rings is 2. The Bertz CT molecular complexity index is 956. The summed E-state index contributed by atoms with van der Waals surface area (Å²) in [5.74, 6) is 1.65. The minimum atomic E-state index is -0.0113. The maximum atomic E-state index is 12.4. The van der Waals surface area contributed by atoms with Crippen LogP contribution in [0.4, 0.5) is 5.69 Å². The molecule has 5 nitrogen and oxygen atoms in total. The molecule has 1 aliphatic rings. The van der Waals surface area contributed by atoms with Crippen molar-refractivity contribution in [3.05, 3.63) is 58.9 Å². The quantitative estimate of drug-likeness (QED) is 0.545. The Labute approximate surface area is 168 Å². The fraction of sp³-hybridized carbons (Fsp3) is 0.273. The average Bonchev–Trinajstić information content (AvgIpc) is 3.25. The van der Waals surface area contributed by atoms with Gasteiger partial charge in [-0.25, -0.2) is 4.98 Å². The van der Waals surface area contributed by atoms with Crippen LogP contribution in [0, 0.1) is 6.92 Å². The molecule has 0 aliphatic carbocycles. The van der Waals surface area contributed by atoms with Gasteiger partial charge in [-0.1, -0.05) is 18.2 Å². The highest BCUT2D eigenvalue weighted by Gasteiger charge is 2.25. The van der Waals surface area contributed by atoms with Gasteiger partial charge in [-0.2, -0.15) is 0 Å². The van der Waals surface area contributed by atoms with Crippen LogP contribution in [0.25, 0.3) is 11.3 Å². The summed E-state index contributed by atoms with van der Waals surface area (Å²) < 4.78 is 11.5. The number of carbonyl (C=O) groups is 1. The molecule has 0 fully saturated rings. The number of para-hydroxylation sites is 1. The van der Waals surface area contributed by atoms with Gasteiger partial charge in [0.25, 0.3) is 5.91 Å². The van der Waals surface area contributed by atoms with Gasteiger partial charge in [0.2, 0.25) is 0 Å². The number of carbonyl (C=O) groups excluding carboxylic acids is 1. The number of rotatable bonds is 7. The lowest BCUT2D eigenvalue weighted by atomic mass is 10.1. The highest BCUT2D eigenvalue weighted by atomic mass is 32.1. The lowest BCUT2D eigenvalue weighted by Crippen LogP contribution is -2.39. The monoisotopic (exact) mass is 394 g/mol. The minimum Gasteiger partial charge on any atom is -0.493 e. The van der Waals surface area contributed by atoms with Gasteiger partial charge in [0, 0.05) is 17.5 Å². The summed E-state index contributed by atoms with van der Waals surface area (Å²) in [5, 5.41) is 2.00. The predicted octanol–water partition coefficient (Wildman–Crippen LogP) is 4.70. The van der Waals surface area contributed by atoms with Crippen molar-refractivity contribution >= 4 is 22.9 Å². The van der Waals surface area contributed by atoms with Crippen LogP contribution in [0.15, 0.2) is 53.4 Å². The number of aromatic nitrogens is 1. The summed E-state index contributed by atoms with van der Waals surface area (Å²) in [6.07, 6.45) is 1.73. The van der Waals surface area contributed by atoms with Crippen LogP contribution < -0.4 is 14.4 Å². The van der Waals surface area contributed by atoms with Crippen LogP contribution in [-0.4, -0.2) is 30.6 Å². The zero-order chi connectivity index (χ0) is 19.3. The van der Waals surface area contributed by atoms with Crippen LogP contribution >= 0.6 is 11.3 Å². The van der Waals surface area contributed by atoms with Crippen molar-refractivity contribution in [2.45, 2.75) is 19.8 Å². The van der Waals surface area contributed by atoms with E-state index in [1.807, 2.05) is 65.2 Å². The van der Waals surface area contributed by atoms with Crippen molar-refractivity contribution in [1.82, 2.24) is 4.98 Å². The average molecular weight is 394 g/mol. The van der Waals surface area contributed by atoms with Gasteiger partial charge in [-0.3, -0.25) is 4.79 Å². The van der Waals surface area contributed by atoms with E-state index in [9.17, 15) is 4.79 Å². The van der Waals surface area contributed by atoms with Crippen LogP contribution in [-0.2, 0) is 4.79 Å². The molecule has 0 atom stereocenters. The van der Waals surface area contributed by atoms with E-state index in [0.29, 0.717) is 13.2 Å². The van der Waals surface area contributed by atoms with E-state index in [-0.39, 0.29) is 12.5 Å². The predicted molar refractivity (Wildman–Crippen MR) is 111 cm³/mol. The molecule has 1 aliphatic heterocycles. The van der Waals surface area contributed by atoms with Crippen molar-refractivity contribution in [2.24, 2.45) is 0 Å².